The molecule has 1 aromatic carbocycles. The Kier molecular flexibility index (Phi) is 5.58. The monoisotopic (exact) mass is 272 g/mol. The first kappa shape index (κ1) is 14.9. The zero-order valence-electron chi connectivity index (χ0n) is 11.0. The standard InChI is InChI=1S/C12H20N2O3S/c1-4-14(5-2)18(15,16)13-10-11-6-8-12(17-3)9-7-11/h6-9,13H,4-5,10H2,1-3H3. The van der Waals surface area contributed by atoms with Crippen LogP contribution in [0, 0.1) is 0 Å². The molecule has 0 heterocycles. The third kappa shape index (κ3) is 3.97. The maximum Gasteiger partial charge on any atom is 0.279 e. The summed E-state index contributed by atoms with van der Waals surface area (Å²) in [5, 5.41) is 0. The molecule has 0 saturated heterocycles. The fourth-order valence-electron chi connectivity index (χ4n) is 1.57. The molecule has 0 bridgehead atoms. The SMILES string of the molecule is CCN(CC)S(=O)(=O)NCc1ccc(OC)cc1. The topological polar surface area (TPSA) is 58.6 Å². The predicted molar refractivity (Wildman–Crippen MR) is 71.7 cm³/mol. The number of nitrogens with one attached hydrogen (secondary N) is 1. The highest BCUT2D eigenvalue weighted by atomic mass is 32.2. The molecule has 0 amide bonds. The van der Waals surface area contributed by atoms with Crippen LogP contribution in [0.4, 0.5) is 0 Å². The molecule has 18 heavy (non-hydrogen) atoms. The second-order valence-corrected chi connectivity index (χ2v) is 5.51. The van der Waals surface area contributed by atoms with Crippen LogP contribution in [-0.2, 0) is 16.8 Å². The first-order valence-corrected chi connectivity index (χ1v) is 7.35. The van der Waals surface area contributed by atoms with Gasteiger partial charge >= 0.3 is 0 Å². The van der Waals surface area contributed by atoms with Crippen LogP contribution in [0.5, 0.6) is 5.75 Å². The number of methoxy groups -OCH3 is 1. The first-order valence-electron chi connectivity index (χ1n) is 5.91. The highest BCUT2D eigenvalue weighted by molar-refractivity contribution is 7.87. The van der Waals surface area contributed by atoms with E-state index in [1.54, 1.807) is 19.2 Å². The molecule has 0 saturated carbocycles. The summed E-state index contributed by atoms with van der Waals surface area (Å²) in [6.45, 7) is 4.85. The lowest BCUT2D eigenvalue weighted by molar-refractivity contribution is 0.414. The predicted octanol–water partition coefficient (Wildman–Crippen LogP) is 1.37. The van der Waals surface area contributed by atoms with Gasteiger partial charge in [-0.25, -0.2) is 0 Å². The number of hydrogen-bond acceptors (Lipinski definition) is 3. The lowest BCUT2D eigenvalue weighted by Crippen LogP contribution is -2.40. The van der Waals surface area contributed by atoms with Gasteiger partial charge < -0.3 is 4.74 Å². The molecule has 0 atom stereocenters. The average Bonchev–Trinajstić information content (AvgIpc) is 2.38. The minimum absolute atomic E-state index is 0.281. The Hall–Kier alpha value is -1.11. The Bertz CT molecular complexity index is 453. The van der Waals surface area contributed by atoms with Crippen molar-refractivity contribution in [2.24, 2.45) is 0 Å². The van der Waals surface area contributed by atoms with Crippen molar-refractivity contribution in [1.29, 1.82) is 0 Å². The third-order valence-corrected chi connectivity index (χ3v) is 4.37. The van der Waals surface area contributed by atoms with Crippen molar-refractivity contribution in [2.45, 2.75) is 20.4 Å². The first-order chi connectivity index (χ1) is 8.53. The average molecular weight is 272 g/mol. The van der Waals surface area contributed by atoms with E-state index < -0.39 is 10.2 Å². The van der Waals surface area contributed by atoms with Gasteiger partial charge in [0.1, 0.15) is 5.75 Å². The van der Waals surface area contributed by atoms with Crippen LogP contribution in [0.2, 0.25) is 0 Å². The number of ether oxygens (including phenoxy) is 1. The summed E-state index contributed by atoms with van der Waals surface area (Å²) in [7, 11) is -1.79. The molecule has 0 unspecified atom stereocenters. The molecular weight excluding hydrogens is 252 g/mol. The molecule has 0 aromatic heterocycles. The van der Waals surface area contributed by atoms with Crippen molar-refractivity contribution in [3.05, 3.63) is 29.8 Å². The normalized spacial score (nSPS) is 11.8. The van der Waals surface area contributed by atoms with E-state index in [9.17, 15) is 8.42 Å². The van der Waals surface area contributed by atoms with Crippen molar-refractivity contribution in [3.8, 4) is 5.75 Å². The van der Waals surface area contributed by atoms with Gasteiger partial charge in [-0.1, -0.05) is 26.0 Å². The smallest absolute Gasteiger partial charge is 0.279 e. The Morgan fingerprint density at radius 3 is 2.17 bits per heavy atom. The Labute approximate surface area is 109 Å². The van der Waals surface area contributed by atoms with Gasteiger partial charge in [-0.3, -0.25) is 0 Å². The van der Waals surface area contributed by atoms with E-state index in [1.807, 2.05) is 26.0 Å². The second kappa shape index (κ2) is 6.72. The zero-order valence-corrected chi connectivity index (χ0v) is 11.8. The lowest BCUT2D eigenvalue weighted by atomic mass is 10.2. The van der Waals surface area contributed by atoms with Crippen molar-refractivity contribution >= 4 is 10.2 Å². The van der Waals surface area contributed by atoms with Gasteiger partial charge in [-0.2, -0.15) is 17.4 Å². The van der Waals surface area contributed by atoms with E-state index in [0.717, 1.165) is 11.3 Å². The summed E-state index contributed by atoms with van der Waals surface area (Å²) in [6, 6.07) is 7.29. The van der Waals surface area contributed by atoms with Gasteiger partial charge in [-0.05, 0) is 17.7 Å². The van der Waals surface area contributed by atoms with E-state index in [2.05, 4.69) is 4.72 Å². The largest absolute Gasteiger partial charge is 0.497 e. The summed E-state index contributed by atoms with van der Waals surface area (Å²) in [5.74, 6) is 0.755. The molecule has 0 spiro atoms. The molecule has 0 aliphatic rings. The van der Waals surface area contributed by atoms with E-state index >= 15 is 0 Å². The van der Waals surface area contributed by atoms with E-state index in [-0.39, 0.29) is 6.54 Å². The highest BCUT2D eigenvalue weighted by Gasteiger charge is 2.17. The maximum absolute atomic E-state index is 11.9. The molecule has 0 aliphatic carbocycles. The number of rotatable bonds is 7. The number of nitrogens with zero attached hydrogens (tertiary/aromatic N) is 1. The number of hydrogen-bond donors (Lipinski definition) is 1. The molecular formula is C12H20N2O3S. The summed E-state index contributed by atoms with van der Waals surface area (Å²) in [5.41, 5.74) is 0.895. The van der Waals surface area contributed by atoms with Crippen LogP contribution in [-0.4, -0.2) is 32.9 Å². The summed E-state index contributed by atoms with van der Waals surface area (Å²) in [4.78, 5) is 0. The van der Waals surface area contributed by atoms with Gasteiger partial charge in [0.2, 0.25) is 0 Å². The van der Waals surface area contributed by atoms with Crippen LogP contribution in [0.25, 0.3) is 0 Å². The quantitative estimate of drug-likeness (QED) is 0.815. The van der Waals surface area contributed by atoms with Crippen molar-refractivity contribution in [3.63, 3.8) is 0 Å². The molecule has 0 radical (unpaired) electrons. The van der Waals surface area contributed by atoms with E-state index in [1.165, 1.54) is 4.31 Å². The molecule has 5 nitrogen and oxygen atoms in total. The summed E-state index contributed by atoms with van der Waals surface area (Å²) < 4.78 is 32.8. The Balaban J connectivity index is 2.63. The van der Waals surface area contributed by atoms with Crippen molar-refractivity contribution in [2.75, 3.05) is 20.2 Å². The van der Waals surface area contributed by atoms with Gasteiger partial charge in [0.05, 0.1) is 7.11 Å². The third-order valence-electron chi connectivity index (χ3n) is 2.66. The van der Waals surface area contributed by atoms with Crippen molar-refractivity contribution < 1.29 is 13.2 Å². The molecule has 1 N–H and O–H groups in total. The van der Waals surface area contributed by atoms with Crippen LogP contribution in [0.3, 0.4) is 0 Å². The Morgan fingerprint density at radius 2 is 1.72 bits per heavy atom. The van der Waals surface area contributed by atoms with Gasteiger partial charge in [0, 0.05) is 19.6 Å². The van der Waals surface area contributed by atoms with Crippen LogP contribution in [0.1, 0.15) is 19.4 Å². The fourth-order valence-corrected chi connectivity index (χ4v) is 2.78. The summed E-state index contributed by atoms with van der Waals surface area (Å²) in [6.07, 6.45) is 0. The second-order valence-electron chi connectivity index (χ2n) is 3.76. The fraction of sp³-hybridized carbons (Fsp3) is 0.500. The Morgan fingerprint density at radius 1 is 1.17 bits per heavy atom. The van der Waals surface area contributed by atoms with Crippen LogP contribution < -0.4 is 9.46 Å². The maximum atomic E-state index is 11.9. The van der Waals surface area contributed by atoms with Crippen molar-refractivity contribution in [1.82, 2.24) is 9.03 Å². The molecule has 6 heteroatoms. The summed E-state index contributed by atoms with van der Waals surface area (Å²) >= 11 is 0. The zero-order chi connectivity index (χ0) is 13.6. The van der Waals surface area contributed by atoms with Gasteiger partial charge in [0.15, 0.2) is 0 Å². The van der Waals surface area contributed by atoms with Gasteiger partial charge in [0.25, 0.3) is 10.2 Å². The molecule has 1 rings (SSSR count). The van der Waals surface area contributed by atoms with Gasteiger partial charge in [-0.15, -0.1) is 0 Å². The minimum atomic E-state index is -3.38. The van der Waals surface area contributed by atoms with Crippen LogP contribution >= 0.6 is 0 Å². The molecule has 1 aromatic rings. The minimum Gasteiger partial charge on any atom is -0.497 e. The highest BCUT2D eigenvalue weighted by Crippen LogP contribution is 2.11. The number of benzene rings is 1. The molecule has 0 aliphatic heterocycles. The lowest BCUT2D eigenvalue weighted by Gasteiger charge is -2.18. The van der Waals surface area contributed by atoms with Crippen LogP contribution in [0.15, 0.2) is 24.3 Å². The molecule has 0 fully saturated rings. The van der Waals surface area contributed by atoms with E-state index in [0.29, 0.717) is 13.1 Å². The molecule has 102 valence electrons. The van der Waals surface area contributed by atoms with E-state index in [4.69, 9.17) is 4.74 Å².